The van der Waals surface area contributed by atoms with Gasteiger partial charge in [0.15, 0.2) is 0 Å². The van der Waals surface area contributed by atoms with Crippen LogP contribution in [0.15, 0.2) is 52.6 Å². The fraction of sp³-hybridized carbons (Fsp3) is 0. The number of H-pyrrole nitrogens is 1. The van der Waals surface area contributed by atoms with E-state index in [4.69, 9.17) is 0 Å². The number of pyridine rings is 1. The van der Waals surface area contributed by atoms with Crippen molar-refractivity contribution in [3.05, 3.63) is 63.6 Å². The lowest BCUT2D eigenvalue weighted by Gasteiger charge is -2.02. The third kappa shape index (κ3) is 1.58. The van der Waals surface area contributed by atoms with E-state index in [1.54, 1.807) is 6.07 Å². The molecule has 3 heterocycles. The highest BCUT2D eigenvalue weighted by Crippen LogP contribution is 2.29. The molecule has 24 heavy (non-hydrogen) atoms. The first-order valence-corrected chi connectivity index (χ1v) is 8.23. The fourth-order valence-electron chi connectivity index (χ4n) is 3.29. The average Bonchev–Trinajstić information content (AvgIpc) is 3.16. The van der Waals surface area contributed by atoms with Gasteiger partial charge in [0.2, 0.25) is 5.43 Å². The summed E-state index contributed by atoms with van der Waals surface area (Å²) in [7, 11) is 0. The Hall–Kier alpha value is -3.12. The number of benzene rings is 2. The SMILES string of the molecule is O=C(O)c1c(=O)c2ccsc2n2c1[nH]c1cc3ccccc3cc12. The molecule has 2 aromatic carbocycles. The predicted octanol–water partition coefficient (Wildman–Crippen LogP) is 3.85. The summed E-state index contributed by atoms with van der Waals surface area (Å²) in [5.74, 6) is -1.22. The van der Waals surface area contributed by atoms with E-state index >= 15 is 0 Å². The van der Waals surface area contributed by atoms with Crippen molar-refractivity contribution >= 4 is 55.0 Å². The van der Waals surface area contributed by atoms with Gasteiger partial charge in [-0.15, -0.1) is 11.3 Å². The molecule has 3 aromatic heterocycles. The molecular weight excluding hydrogens is 324 g/mol. The summed E-state index contributed by atoms with van der Waals surface area (Å²) in [4.78, 5) is 28.1. The maximum atomic E-state index is 12.5. The van der Waals surface area contributed by atoms with Gasteiger partial charge >= 0.3 is 5.97 Å². The highest BCUT2D eigenvalue weighted by atomic mass is 32.1. The number of carbonyl (C=O) groups is 1. The van der Waals surface area contributed by atoms with Crippen molar-refractivity contribution in [2.45, 2.75) is 0 Å². The summed E-state index contributed by atoms with van der Waals surface area (Å²) in [6.45, 7) is 0. The molecule has 0 aliphatic rings. The molecule has 0 aliphatic carbocycles. The number of rotatable bonds is 1. The smallest absolute Gasteiger partial charge is 0.343 e. The maximum absolute atomic E-state index is 12.5. The van der Waals surface area contributed by atoms with E-state index in [1.165, 1.54) is 11.3 Å². The van der Waals surface area contributed by atoms with E-state index in [-0.39, 0.29) is 5.56 Å². The number of nitrogens with zero attached hydrogens (tertiary/aromatic N) is 1. The molecule has 0 amide bonds. The van der Waals surface area contributed by atoms with Crippen molar-refractivity contribution in [2.24, 2.45) is 0 Å². The van der Waals surface area contributed by atoms with E-state index in [0.717, 1.165) is 26.6 Å². The minimum Gasteiger partial charge on any atom is -0.477 e. The van der Waals surface area contributed by atoms with Crippen LogP contribution in [0.1, 0.15) is 10.4 Å². The zero-order valence-electron chi connectivity index (χ0n) is 12.2. The van der Waals surface area contributed by atoms with Crippen LogP contribution in [-0.4, -0.2) is 20.5 Å². The number of hydrogen-bond acceptors (Lipinski definition) is 3. The molecule has 2 N–H and O–H groups in total. The van der Waals surface area contributed by atoms with Crippen LogP contribution in [0.5, 0.6) is 0 Å². The van der Waals surface area contributed by atoms with Crippen molar-refractivity contribution in [2.75, 3.05) is 0 Å². The highest BCUT2D eigenvalue weighted by molar-refractivity contribution is 7.16. The molecule has 5 rings (SSSR count). The first-order chi connectivity index (χ1) is 11.6. The molecule has 0 spiro atoms. The molecule has 0 radical (unpaired) electrons. The molecule has 5 nitrogen and oxygen atoms in total. The van der Waals surface area contributed by atoms with Crippen molar-refractivity contribution < 1.29 is 9.90 Å². The van der Waals surface area contributed by atoms with Crippen molar-refractivity contribution in [3.8, 4) is 0 Å². The second kappa shape index (κ2) is 4.46. The molecule has 6 heteroatoms. The number of thiophene rings is 1. The molecule has 0 saturated carbocycles. The normalized spacial score (nSPS) is 11.8. The van der Waals surface area contributed by atoms with Gasteiger partial charge in [0.05, 0.1) is 16.4 Å². The molecular formula is C18H10N2O3S. The standard InChI is InChI=1S/C18H10N2O3S/c21-15-11-5-6-24-17(11)20-13-8-10-4-2-1-3-9(10)7-12(13)19-16(20)14(15)18(22)23/h1-8,19H,(H,22,23). The summed E-state index contributed by atoms with van der Waals surface area (Å²) in [5, 5.41) is 13.9. The third-order valence-corrected chi connectivity index (χ3v) is 5.25. The lowest BCUT2D eigenvalue weighted by molar-refractivity contribution is 0.0697. The van der Waals surface area contributed by atoms with Gasteiger partial charge < -0.3 is 10.1 Å². The lowest BCUT2D eigenvalue weighted by atomic mass is 10.1. The van der Waals surface area contributed by atoms with Gasteiger partial charge in [-0.05, 0) is 34.4 Å². The number of carboxylic acid groups (broad SMARTS) is 1. The number of aromatic nitrogens is 2. The van der Waals surface area contributed by atoms with Gasteiger partial charge in [-0.1, -0.05) is 24.3 Å². The van der Waals surface area contributed by atoms with Gasteiger partial charge in [0.1, 0.15) is 16.0 Å². The largest absolute Gasteiger partial charge is 0.477 e. The Morgan fingerprint density at radius 1 is 1.12 bits per heavy atom. The first kappa shape index (κ1) is 13.3. The molecule has 0 bridgehead atoms. The zero-order chi connectivity index (χ0) is 16.4. The van der Waals surface area contributed by atoms with Crippen molar-refractivity contribution in [1.29, 1.82) is 0 Å². The number of hydrogen-bond donors (Lipinski definition) is 2. The average molecular weight is 334 g/mol. The number of nitrogens with one attached hydrogen (secondary N) is 1. The Labute approximate surface area is 138 Å². The Balaban J connectivity index is 2.14. The van der Waals surface area contributed by atoms with Crippen LogP contribution in [0.2, 0.25) is 0 Å². The molecule has 5 aromatic rings. The summed E-state index contributed by atoms with van der Waals surface area (Å²) >= 11 is 1.43. The Bertz CT molecular complexity index is 1360. The van der Waals surface area contributed by atoms with Gasteiger partial charge in [0, 0.05) is 0 Å². The number of imidazole rings is 1. The second-order valence-corrected chi connectivity index (χ2v) is 6.57. The van der Waals surface area contributed by atoms with E-state index in [9.17, 15) is 14.7 Å². The summed E-state index contributed by atoms with van der Waals surface area (Å²) in [6, 6.07) is 13.6. The van der Waals surface area contributed by atoms with Crippen LogP contribution in [-0.2, 0) is 0 Å². The van der Waals surface area contributed by atoms with Crippen molar-refractivity contribution in [3.63, 3.8) is 0 Å². The zero-order valence-corrected chi connectivity index (χ0v) is 13.1. The number of fused-ring (bicyclic) bond motifs is 6. The number of aromatic carboxylic acids is 1. The minimum atomic E-state index is -1.22. The maximum Gasteiger partial charge on any atom is 0.343 e. The molecule has 0 unspecified atom stereocenters. The Kier molecular flexibility index (Phi) is 2.47. The van der Waals surface area contributed by atoms with E-state index in [0.29, 0.717) is 11.0 Å². The van der Waals surface area contributed by atoms with Crippen LogP contribution in [0, 0.1) is 0 Å². The van der Waals surface area contributed by atoms with Gasteiger partial charge in [-0.3, -0.25) is 9.20 Å². The van der Waals surface area contributed by atoms with Crippen LogP contribution in [0.4, 0.5) is 0 Å². The lowest BCUT2D eigenvalue weighted by Crippen LogP contribution is -2.17. The van der Waals surface area contributed by atoms with E-state index in [1.807, 2.05) is 46.2 Å². The predicted molar refractivity (Wildman–Crippen MR) is 95.4 cm³/mol. The van der Waals surface area contributed by atoms with Crippen LogP contribution in [0.3, 0.4) is 0 Å². The van der Waals surface area contributed by atoms with E-state index < -0.39 is 11.4 Å². The summed E-state index contributed by atoms with van der Waals surface area (Å²) < 4.78 is 1.84. The quantitative estimate of drug-likeness (QED) is 0.489. The minimum absolute atomic E-state index is 0.221. The van der Waals surface area contributed by atoms with Gasteiger partial charge in [-0.2, -0.15) is 0 Å². The Morgan fingerprint density at radius 3 is 2.62 bits per heavy atom. The molecule has 0 fully saturated rings. The van der Waals surface area contributed by atoms with Gasteiger partial charge in [0.25, 0.3) is 0 Å². The molecule has 0 aliphatic heterocycles. The van der Waals surface area contributed by atoms with Gasteiger partial charge in [-0.25, -0.2) is 4.79 Å². The monoisotopic (exact) mass is 334 g/mol. The number of aromatic amines is 1. The highest BCUT2D eigenvalue weighted by Gasteiger charge is 2.21. The first-order valence-electron chi connectivity index (χ1n) is 7.35. The molecule has 0 atom stereocenters. The number of carboxylic acids is 1. The summed E-state index contributed by atoms with van der Waals surface area (Å²) in [5.41, 5.74) is 1.32. The van der Waals surface area contributed by atoms with E-state index in [2.05, 4.69) is 4.98 Å². The fourth-order valence-corrected chi connectivity index (χ4v) is 4.21. The molecule has 116 valence electrons. The summed E-state index contributed by atoms with van der Waals surface area (Å²) in [6.07, 6.45) is 0. The topological polar surface area (TPSA) is 74.6 Å². The van der Waals surface area contributed by atoms with Crippen LogP contribution >= 0.6 is 11.3 Å². The van der Waals surface area contributed by atoms with Crippen molar-refractivity contribution in [1.82, 2.24) is 9.38 Å². The Morgan fingerprint density at radius 2 is 1.88 bits per heavy atom. The van der Waals surface area contributed by atoms with Crippen LogP contribution in [0.25, 0.3) is 37.7 Å². The molecule has 0 saturated heterocycles. The third-order valence-electron chi connectivity index (χ3n) is 4.35. The van der Waals surface area contributed by atoms with Crippen LogP contribution < -0.4 is 5.43 Å². The second-order valence-electron chi connectivity index (χ2n) is 5.67.